The maximum absolute atomic E-state index is 11.6. The Kier molecular flexibility index (Phi) is 4.20. The van der Waals surface area contributed by atoms with Crippen LogP contribution in [-0.4, -0.2) is 31.1 Å². The molecule has 1 fully saturated rings. The predicted molar refractivity (Wildman–Crippen MR) is 90.6 cm³/mol. The van der Waals surface area contributed by atoms with Gasteiger partial charge in [-0.2, -0.15) is 0 Å². The van der Waals surface area contributed by atoms with Gasteiger partial charge in [0.2, 0.25) is 0 Å². The number of carbonyl (C=O) groups is 1. The van der Waals surface area contributed by atoms with Crippen molar-refractivity contribution in [3.8, 4) is 5.75 Å². The van der Waals surface area contributed by atoms with Crippen molar-refractivity contribution in [2.75, 3.05) is 25.1 Å². The van der Waals surface area contributed by atoms with Gasteiger partial charge in [0.05, 0.1) is 12.7 Å². The van der Waals surface area contributed by atoms with E-state index in [0.29, 0.717) is 11.3 Å². The molecule has 2 aromatic rings. The number of carbonyl (C=O) groups excluding carboxylic acids is 1. The van der Waals surface area contributed by atoms with Crippen LogP contribution < -0.4 is 15.4 Å². The number of nitrogens with zero attached hydrogens (tertiary/aromatic N) is 2. The standard InChI is InChI=1S/C16H18BrN3O2/c1-22-14-8-11-10(7-12(14)15(18)21)13(17)9-19-16(11)20-5-3-2-4-6-20/h7-9H,2-6H2,1H3,(H2,18,21). The minimum atomic E-state index is -0.498. The predicted octanol–water partition coefficient (Wildman–Crippen LogP) is 3.10. The van der Waals surface area contributed by atoms with Crippen LogP contribution in [0.25, 0.3) is 10.8 Å². The highest BCUT2D eigenvalue weighted by Crippen LogP contribution is 2.36. The maximum atomic E-state index is 11.6. The fraction of sp³-hybridized carbons (Fsp3) is 0.375. The van der Waals surface area contributed by atoms with Gasteiger partial charge in [0.15, 0.2) is 0 Å². The molecule has 2 N–H and O–H groups in total. The van der Waals surface area contributed by atoms with Gasteiger partial charge in [-0.15, -0.1) is 0 Å². The van der Waals surface area contributed by atoms with Crippen molar-refractivity contribution in [1.29, 1.82) is 0 Å². The molecule has 6 heteroatoms. The number of anilines is 1. The van der Waals surface area contributed by atoms with Crippen LogP contribution in [0.1, 0.15) is 29.6 Å². The maximum Gasteiger partial charge on any atom is 0.252 e. The van der Waals surface area contributed by atoms with Gasteiger partial charge >= 0.3 is 0 Å². The van der Waals surface area contributed by atoms with Crippen LogP contribution in [0.5, 0.6) is 5.75 Å². The summed E-state index contributed by atoms with van der Waals surface area (Å²) in [5, 5.41) is 1.89. The Labute approximate surface area is 137 Å². The van der Waals surface area contributed by atoms with E-state index in [1.165, 1.54) is 19.3 Å². The van der Waals surface area contributed by atoms with Crippen molar-refractivity contribution in [1.82, 2.24) is 4.98 Å². The molecule has 0 aliphatic carbocycles. The molecular formula is C16H18BrN3O2. The number of methoxy groups -OCH3 is 1. The van der Waals surface area contributed by atoms with Crippen LogP contribution in [0, 0.1) is 0 Å². The highest BCUT2D eigenvalue weighted by atomic mass is 79.9. The molecule has 0 saturated carbocycles. The number of rotatable bonds is 3. The molecule has 3 rings (SSSR count). The van der Waals surface area contributed by atoms with Gasteiger partial charge in [0, 0.05) is 34.5 Å². The molecule has 1 saturated heterocycles. The van der Waals surface area contributed by atoms with Gasteiger partial charge in [-0.3, -0.25) is 4.79 Å². The van der Waals surface area contributed by atoms with Crippen LogP contribution in [0.2, 0.25) is 0 Å². The van der Waals surface area contributed by atoms with E-state index in [2.05, 4.69) is 25.8 Å². The van der Waals surface area contributed by atoms with Crippen molar-refractivity contribution in [3.63, 3.8) is 0 Å². The molecule has 1 aliphatic heterocycles. The summed E-state index contributed by atoms with van der Waals surface area (Å²) in [6, 6.07) is 3.63. The largest absolute Gasteiger partial charge is 0.496 e. The van der Waals surface area contributed by atoms with Gasteiger partial charge in [0.1, 0.15) is 11.6 Å². The summed E-state index contributed by atoms with van der Waals surface area (Å²) < 4.78 is 6.18. The number of halogens is 1. The van der Waals surface area contributed by atoms with Crippen LogP contribution in [0.3, 0.4) is 0 Å². The molecule has 0 unspecified atom stereocenters. The number of hydrogen-bond donors (Lipinski definition) is 1. The zero-order valence-electron chi connectivity index (χ0n) is 12.4. The number of nitrogens with two attached hydrogens (primary N) is 1. The summed E-state index contributed by atoms with van der Waals surface area (Å²) in [6.45, 7) is 2.01. The Hall–Kier alpha value is -1.82. The van der Waals surface area contributed by atoms with Crippen molar-refractivity contribution >= 4 is 38.4 Å². The molecule has 0 spiro atoms. The molecule has 1 aliphatic rings. The van der Waals surface area contributed by atoms with E-state index in [-0.39, 0.29) is 0 Å². The number of aromatic nitrogens is 1. The highest BCUT2D eigenvalue weighted by Gasteiger charge is 2.19. The number of piperidine rings is 1. The number of amides is 1. The zero-order valence-corrected chi connectivity index (χ0v) is 14.0. The molecule has 2 heterocycles. The Bertz CT molecular complexity index is 727. The van der Waals surface area contributed by atoms with E-state index in [1.54, 1.807) is 19.4 Å². The number of primary amides is 1. The van der Waals surface area contributed by atoms with Crippen LogP contribution in [0.4, 0.5) is 5.82 Å². The highest BCUT2D eigenvalue weighted by molar-refractivity contribution is 9.10. The minimum Gasteiger partial charge on any atom is -0.496 e. The van der Waals surface area contributed by atoms with E-state index < -0.39 is 5.91 Å². The molecule has 1 amide bonds. The molecule has 0 bridgehead atoms. The minimum absolute atomic E-state index is 0.381. The lowest BCUT2D eigenvalue weighted by Gasteiger charge is -2.29. The second-order valence-electron chi connectivity index (χ2n) is 5.44. The number of pyridine rings is 1. The average Bonchev–Trinajstić information content (AvgIpc) is 2.55. The lowest BCUT2D eigenvalue weighted by molar-refractivity contribution is 0.0997. The second kappa shape index (κ2) is 6.12. The number of ether oxygens (including phenoxy) is 1. The molecule has 0 radical (unpaired) electrons. The van der Waals surface area contributed by atoms with E-state index in [9.17, 15) is 4.79 Å². The van der Waals surface area contributed by atoms with E-state index >= 15 is 0 Å². The van der Waals surface area contributed by atoms with E-state index in [4.69, 9.17) is 10.5 Å². The third-order valence-corrected chi connectivity index (χ3v) is 4.69. The fourth-order valence-electron chi connectivity index (χ4n) is 2.94. The summed E-state index contributed by atoms with van der Waals surface area (Å²) in [5.41, 5.74) is 5.83. The fourth-order valence-corrected chi connectivity index (χ4v) is 3.37. The van der Waals surface area contributed by atoms with Crippen molar-refractivity contribution in [2.24, 2.45) is 5.73 Å². The van der Waals surface area contributed by atoms with E-state index in [0.717, 1.165) is 34.2 Å². The number of benzene rings is 1. The lowest BCUT2D eigenvalue weighted by Crippen LogP contribution is -2.30. The molecule has 0 atom stereocenters. The summed E-state index contributed by atoms with van der Waals surface area (Å²) in [7, 11) is 1.54. The molecule has 116 valence electrons. The first-order valence-electron chi connectivity index (χ1n) is 7.33. The summed E-state index contributed by atoms with van der Waals surface area (Å²) in [6.07, 6.45) is 5.40. The van der Waals surface area contributed by atoms with Gasteiger partial charge < -0.3 is 15.4 Å². The Balaban J connectivity index is 2.22. The first-order chi connectivity index (χ1) is 10.6. The van der Waals surface area contributed by atoms with Crippen LogP contribution >= 0.6 is 15.9 Å². The zero-order chi connectivity index (χ0) is 15.7. The average molecular weight is 364 g/mol. The van der Waals surface area contributed by atoms with Gasteiger partial charge in [-0.05, 0) is 47.3 Å². The van der Waals surface area contributed by atoms with Crippen molar-refractivity contribution in [3.05, 3.63) is 28.4 Å². The number of hydrogen-bond acceptors (Lipinski definition) is 4. The smallest absolute Gasteiger partial charge is 0.252 e. The summed E-state index contributed by atoms with van der Waals surface area (Å²) in [5.74, 6) is 0.923. The summed E-state index contributed by atoms with van der Waals surface area (Å²) in [4.78, 5) is 18.5. The van der Waals surface area contributed by atoms with Gasteiger partial charge in [-0.1, -0.05) is 0 Å². The molecule has 5 nitrogen and oxygen atoms in total. The Morgan fingerprint density at radius 2 is 2.00 bits per heavy atom. The topological polar surface area (TPSA) is 68.4 Å². The lowest BCUT2D eigenvalue weighted by atomic mass is 10.0. The SMILES string of the molecule is COc1cc2c(N3CCCCC3)ncc(Br)c2cc1C(N)=O. The second-order valence-corrected chi connectivity index (χ2v) is 6.29. The first kappa shape index (κ1) is 15.1. The molecule has 1 aromatic heterocycles. The van der Waals surface area contributed by atoms with Gasteiger partial charge in [0.25, 0.3) is 5.91 Å². The van der Waals surface area contributed by atoms with Crippen molar-refractivity contribution in [2.45, 2.75) is 19.3 Å². The quantitative estimate of drug-likeness (QED) is 0.909. The van der Waals surface area contributed by atoms with Crippen molar-refractivity contribution < 1.29 is 9.53 Å². The third-order valence-electron chi connectivity index (χ3n) is 4.06. The van der Waals surface area contributed by atoms with Gasteiger partial charge in [-0.25, -0.2) is 4.98 Å². The molecular weight excluding hydrogens is 346 g/mol. The monoisotopic (exact) mass is 363 g/mol. The van der Waals surface area contributed by atoms with Crippen LogP contribution in [-0.2, 0) is 0 Å². The summed E-state index contributed by atoms with van der Waals surface area (Å²) >= 11 is 3.51. The van der Waals surface area contributed by atoms with Crippen LogP contribution in [0.15, 0.2) is 22.8 Å². The third kappa shape index (κ3) is 2.63. The molecule has 1 aromatic carbocycles. The first-order valence-corrected chi connectivity index (χ1v) is 8.12. The number of fused-ring (bicyclic) bond motifs is 1. The molecule has 22 heavy (non-hydrogen) atoms. The Morgan fingerprint density at radius 1 is 1.27 bits per heavy atom. The van der Waals surface area contributed by atoms with E-state index in [1.807, 2.05) is 6.07 Å². The Morgan fingerprint density at radius 3 is 2.64 bits per heavy atom. The normalized spacial score (nSPS) is 15.1.